The van der Waals surface area contributed by atoms with Gasteiger partial charge in [0, 0.05) is 12.3 Å². The van der Waals surface area contributed by atoms with Crippen LogP contribution in [-0.2, 0) is 6.18 Å². The van der Waals surface area contributed by atoms with Crippen LogP contribution in [0.15, 0.2) is 30.0 Å². The van der Waals surface area contributed by atoms with Gasteiger partial charge in [-0.25, -0.2) is 0 Å². The second-order valence-corrected chi connectivity index (χ2v) is 5.68. The molecule has 2 rings (SSSR count). The van der Waals surface area contributed by atoms with E-state index in [9.17, 15) is 46.6 Å². The van der Waals surface area contributed by atoms with Crippen LogP contribution in [-0.4, -0.2) is 22.2 Å². The van der Waals surface area contributed by atoms with Crippen LogP contribution in [0.5, 0.6) is 0 Å². The van der Waals surface area contributed by atoms with Crippen molar-refractivity contribution in [3.8, 4) is 0 Å². The van der Waals surface area contributed by atoms with Gasteiger partial charge in [-0.15, -0.1) is 0 Å². The number of nitrogens with zero attached hydrogens (tertiary/aromatic N) is 3. The fourth-order valence-corrected chi connectivity index (χ4v) is 2.66. The Morgan fingerprint density at radius 3 is 2.07 bits per heavy atom. The summed E-state index contributed by atoms with van der Waals surface area (Å²) in [7, 11) is 0. The first-order valence-electron chi connectivity index (χ1n) is 6.90. The lowest BCUT2D eigenvalue weighted by Crippen LogP contribution is -2.40. The van der Waals surface area contributed by atoms with E-state index in [0.717, 1.165) is 0 Å². The molecule has 0 aliphatic carbocycles. The van der Waals surface area contributed by atoms with Gasteiger partial charge in [0.2, 0.25) is 5.69 Å². The van der Waals surface area contributed by atoms with Crippen molar-refractivity contribution in [3.05, 3.63) is 60.8 Å². The number of alkyl halides is 6. The summed E-state index contributed by atoms with van der Waals surface area (Å²) in [5.74, 6) is 0. The molecule has 152 valence electrons. The molecule has 0 fully saturated rings. The number of hydrogen-bond acceptors (Lipinski definition) is 6. The zero-order valence-corrected chi connectivity index (χ0v) is 13.8. The summed E-state index contributed by atoms with van der Waals surface area (Å²) >= 11 is 5.45. The Labute approximate surface area is 155 Å². The first-order chi connectivity index (χ1) is 12.7. The number of benzene rings is 1. The van der Waals surface area contributed by atoms with E-state index in [1.54, 1.807) is 0 Å². The summed E-state index contributed by atoms with van der Waals surface area (Å²) in [6, 6.07) is -0.100. The Kier molecular flexibility index (Phi) is 5.31. The van der Waals surface area contributed by atoms with Crippen LogP contribution in [0.25, 0.3) is 0 Å². The molecule has 0 bridgehead atoms. The number of halogens is 7. The fraction of sp³-hybridized carbons (Fsp3) is 0.231. The molecular formula is C13H7ClF6N4O4. The Morgan fingerprint density at radius 2 is 1.64 bits per heavy atom. The normalized spacial score (nSPS) is 17.5. The molecule has 1 atom stereocenters. The predicted octanol–water partition coefficient (Wildman–Crippen LogP) is 4.28. The van der Waals surface area contributed by atoms with Gasteiger partial charge in [-0.2, -0.15) is 26.3 Å². The van der Waals surface area contributed by atoms with Gasteiger partial charge in [0.15, 0.2) is 0 Å². The Bertz CT molecular complexity index is 912. The molecule has 0 saturated carbocycles. The van der Waals surface area contributed by atoms with Crippen LogP contribution in [0.4, 0.5) is 43.4 Å². The van der Waals surface area contributed by atoms with Gasteiger partial charge in [0.05, 0.1) is 21.0 Å². The fourth-order valence-electron chi connectivity index (χ4n) is 2.34. The summed E-state index contributed by atoms with van der Waals surface area (Å²) in [6.07, 6.45) is -10.4. The van der Waals surface area contributed by atoms with Crippen molar-refractivity contribution in [2.75, 3.05) is 4.90 Å². The zero-order valence-electron chi connectivity index (χ0n) is 13.1. The minimum absolute atomic E-state index is 0.100. The molecule has 1 unspecified atom stereocenters. The highest BCUT2D eigenvalue weighted by Crippen LogP contribution is 2.50. The maximum atomic E-state index is 13.1. The highest BCUT2D eigenvalue weighted by atomic mass is 35.5. The van der Waals surface area contributed by atoms with Gasteiger partial charge >= 0.3 is 23.7 Å². The Morgan fingerprint density at radius 1 is 1.07 bits per heavy atom. The molecule has 1 aliphatic heterocycles. The number of rotatable bonds is 3. The minimum atomic E-state index is -5.30. The third-order valence-electron chi connectivity index (χ3n) is 3.53. The average molecular weight is 433 g/mol. The van der Waals surface area contributed by atoms with Crippen molar-refractivity contribution < 1.29 is 36.2 Å². The molecule has 1 aliphatic rings. The summed E-state index contributed by atoms with van der Waals surface area (Å²) in [5, 5.41) is 21.1. The number of hydrogen-bond donors (Lipinski definition) is 1. The molecule has 0 saturated heterocycles. The van der Waals surface area contributed by atoms with Gasteiger partial charge in [0.25, 0.3) is 0 Å². The van der Waals surface area contributed by atoms with Crippen molar-refractivity contribution in [1.82, 2.24) is 0 Å². The summed E-state index contributed by atoms with van der Waals surface area (Å²) in [5.41, 5.74) is -2.06. The van der Waals surface area contributed by atoms with Crippen molar-refractivity contribution in [1.29, 1.82) is 0 Å². The Balaban J connectivity index is 2.92. The van der Waals surface area contributed by atoms with Crippen molar-refractivity contribution in [2.45, 2.75) is 18.5 Å². The third-order valence-corrected chi connectivity index (χ3v) is 3.92. The highest BCUT2D eigenvalue weighted by Gasteiger charge is 2.45. The van der Waals surface area contributed by atoms with E-state index in [1.807, 2.05) is 0 Å². The van der Waals surface area contributed by atoms with Gasteiger partial charge < -0.3 is 10.6 Å². The molecule has 0 spiro atoms. The van der Waals surface area contributed by atoms with E-state index < -0.39 is 61.6 Å². The van der Waals surface area contributed by atoms with Crippen LogP contribution >= 0.6 is 11.6 Å². The standard InChI is InChI=1S/C13H7ClF6N4O4/c14-9-6(13(18,19)20)3-7(23(25)26)10(11(9)24(27)28)22-4-5(12(15,16)17)1-2-8(22)21/h1-4,8H,21H2. The number of nitro groups is 2. The monoisotopic (exact) mass is 432 g/mol. The van der Waals surface area contributed by atoms with E-state index in [-0.39, 0.29) is 17.2 Å². The SMILES string of the molecule is NC1C=CC(C(F)(F)F)=CN1c1c([N+](=O)[O-])cc(C(F)(F)F)c(Cl)c1[N+](=O)[O-]. The highest BCUT2D eigenvalue weighted by molar-refractivity contribution is 6.34. The summed E-state index contributed by atoms with van der Waals surface area (Å²) in [4.78, 5) is 20.0. The molecule has 8 nitrogen and oxygen atoms in total. The summed E-state index contributed by atoms with van der Waals surface area (Å²) in [6.45, 7) is 0. The molecule has 0 aromatic heterocycles. The lowest BCUT2D eigenvalue weighted by atomic mass is 10.1. The quantitative estimate of drug-likeness (QED) is 0.433. The van der Waals surface area contributed by atoms with Crippen LogP contribution in [0, 0.1) is 20.2 Å². The maximum Gasteiger partial charge on any atom is 0.418 e. The van der Waals surface area contributed by atoms with E-state index in [1.165, 1.54) is 0 Å². The van der Waals surface area contributed by atoms with Gasteiger partial charge in [-0.3, -0.25) is 20.2 Å². The lowest BCUT2D eigenvalue weighted by molar-refractivity contribution is -0.392. The molecule has 1 aromatic rings. The van der Waals surface area contributed by atoms with Gasteiger partial charge in [-0.05, 0) is 12.2 Å². The van der Waals surface area contributed by atoms with E-state index >= 15 is 0 Å². The van der Waals surface area contributed by atoms with Gasteiger partial charge in [0.1, 0.15) is 11.2 Å². The van der Waals surface area contributed by atoms with E-state index in [4.69, 9.17) is 17.3 Å². The number of allylic oxidation sites excluding steroid dienone is 2. The number of nitrogens with two attached hydrogens (primary N) is 1. The predicted molar refractivity (Wildman–Crippen MR) is 83.5 cm³/mol. The van der Waals surface area contributed by atoms with Crippen molar-refractivity contribution in [3.63, 3.8) is 0 Å². The van der Waals surface area contributed by atoms with E-state index in [2.05, 4.69) is 0 Å². The van der Waals surface area contributed by atoms with Crippen LogP contribution in [0.2, 0.25) is 5.02 Å². The zero-order chi connectivity index (χ0) is 21.6. The van der Waals surface area contributed by atoms with Crippen molar-refractivity contribution >= 4 is 28.7 Å². The van der Waals surface area contributed by atoms with Crippen LogP contribution < -0.4 is 10.6 Å². The van der Waals surface area contributed by atoms with Crippen LogP contribution in [0.1, 0.15) is 5.56 Å². The first-order valence-corrected chi connectivity index (χ1v) is 7.27. The molecule has 2 N–H and O–H groups in total. The number of nitro benzene ring substituents is 2. The maximum absolute atomic E-state index is 13.1. The smallest absolute Gasteiger partial charge is 0.317 e. The molecule has 15 heteroatoms. The Hall–Kier alpha value is -2.87. The summed E-state index contributed by atoms with van der Waals surface area (Å²) < 4.78 is 78.0. The van der Waals surface area contributed by atoms with Crippen LogP contribution in [0.3, 0.4) is 0 Å². The molecule has 0 radical (unpaired) electrons. The van der Waals surface area contributed by atoms with Crippen molar-refractivity contribution in [2.24, 2.45) is 5.73 Å². The first kappa shape index (κ1) is 21.4. The second-order valence-electron chi connectivity index (χ2n) is 5.31. The molecule has 0 amide bonds. The molecule has 1 heterocycles. The minimum Gasteiger partial charge on any atom is -0.317 e. The number of anilines is 1. The largest absolute Gasteiger partial charge is 0.418 e. The average Bonchev–Trinajstić information content (AvgIpc) is 2.51. The van der Waals surface area contributed by atoms with E-state index in [0.29, 0.717) is 12.2 Å². The lowest BCUT2D eigenvalue weighted by Gasteiger charge is -2.29. The molecular weight excluding hydrogens is 426 g/mol. The van der Waals surface area contributed by atoms with Gasteiger partial charge in [-0.1, -0.05) is 11.6 Å². The third kappa shape index (κ3) is 3.87. The molecule has 28 heavy (non-hydrogen) atoms. The second kappa shape index (κ2) is 6.94. The molecule has 1 aromatic carbocycles. The topological polar surface area (TPSA) is 116 Å².